The van der Waals surface area contributed by atoms with E-state index in [2.05, 4.69) is 5.10 Å². The number of hydrogen-bond acceptors (Lipinski definition) is 5. The zero-order chi connectivity index (χ0) is 18.8. The molecule has 1 heterocycles. The van der Waals surface area contributed by atoms with Crippen LogP contribution in [0.5, 0.6) is 0 Å². The molecule has 1 aromatic carbocycles. The van der Waals surface area contributed by atoms with Crippen molar-refractivity contribution in [2.75, 3.05) is 5.75 Å². The van der Waals surface area contributed by atoms with Gasteiger partial charge in [-0.05, 0) is 29.8 Å². The molecule has 0 radical (unpaired) electrons. The zero-order valence-corrected chi connectivity index (χ0v) is 15.6. The van der Waals surface area contributed by atoms with Gasteiger partial charge in [0.1, 0.15) is 0 Å². The van der Waals surface area contributed by atoms with Crippen molar-refractivity contribution in [2.45, 2.75) is 18.4 Å². The average Bonchev–Trinajstić information content (AvgIpc) is 2.54. The van der Waals surface area contributed by atoms with E-state index >= 15 is 0 Å². The van der Waals surface area contributed by atoms with E-state index in [0.717, 1.165) is 0 Å². The zero-order valence-electron chi connectivity index (χ0n) is 13.2. The molecular formula is C15H16Cl2N4O3S. The van der Waals surface area contributed by atoms with Crippen LogP contribution in [0.25, 0.3) is 0 Å². The number of rotatable bonds is 5. The van der Waals surface area contributed by atoms with Crippen LogP contribution in [0, 0.1) is 0 Å². The summed E-state index contributed by atoms with van der Waals surface area (Å²) in [5, 5.41) is 4.18. The molecule has 0 saturated heterocycles. The van der Waals surface area contributed by atoms with Crippen LogP contribution < -0.4 is 17.1 Å². The molecule has 1 amide bonds. The minimum Gasteiger partial charge on any atom is -0.365 e. The lowest BCUT2D eigenvalue weighted by Crippen LogP contribution is -2.32. The molecule has 134 valence electrons. The third kappa shape index (κ3) is 4.15. The maximum Gasteiger partial charge on any atom is 0.252 e. The minimum atomic E-state index is -3.48. The third-order valence-corrected chi connectivity index (χ3v) is 5.81. The Morgan fingerprint density at radius 2 is 1.92 bits per heavy atom. The fourth-order valence-corrected chi connectivity index (χ4v) is 3.89. The van der Waals surface area contributed by atoms with Crippen LogP contribution in [0.2, 0.25) is 10.0 Å². The number of nitrogens with zero attached hydrogens (tertiary/aromatic N) is 2. The molecule has 2 rings (SSSR count). The second kappa shape index (κ2) is 7.47. The van der Waals surface area contributed by atoms with Gasteiger partial charge >= 0.3 is 0 Å². The van der Waals surface area contributed by atoms with Gasteiger partial charge in [0.15, 0.2) is 15.3 Å². The number of primary amides is 1. The normalized spacial score (nSPS) is 12.4. The minimum absolute atomic E-state index is 0.0249. The summed E-state index contributed by atoms with van der Waals surface area (Å²) >= 11 is 12.0. The highest BCUT2D eigenvalue weighted by Crippen LogP contribution is 2.23. The van der Waals surface area contributed by atoms with Crippen LogP contribution in [0.1, 0.15) is 22.8 Å². The first-order valence-electron chi connectivity index (χ1n) is 7.14. The Morgan fingerprint density at radius 3 is 2.48 bits per heavy atom. The number of halogens is 2. The standard InChI is InChI=1S/C15H16Cl2N4O3S/c1-2-25(23,24)13-4-3-10(16)5-9(13)7-21-8-11(17)6-12(14(18)22)15(21)20-19/h3-6,8H,2,7,19H2,1H3,(H2,18,22). The third-order valence-electron chi connectivity index (χ3n) is 3.54. The van der Waals surface area contributed by atoms with E-state index in [4.69, 9.17) is 34.8 Å². The Bertz CT molecular complexity index is 1000. The number of aromatic nitrogens is 1. The van der Waals surface area contributed by atoms with Crippen LogP contribution in [0.3, 0.4) is 0 Å². The second-order valence-electron chi connectivity index (χ2n) is 5.17. The first kappa shape index (κ1) is 19.3. The molecule has 25 heavy (non-hydrogen) atoms. The van der Waals surface area contributed by atoms with Crippen molar-refractivity contribution in [1.82, 2.24) is 4.57 Å². The molecule has 0 aliphatic heterocycles. The van der Waals surface area contributed by atoms with Gasteiger partial charge in [-0.15, -0.1) is 0 Å². The summed E-state index contributed by atoms with van der Waals surface area (Å²) in [6, 6.07) is 5.81. The summed E-state index contributed by atoms with van der Waals surface area (Å²) < 4.78 is 26.1. The highest BCUT2D eigenvalue weighted by atomic mass is 35.5. The van der Waals surface area contributed by atoms with Gasteiger partial charge in [0.2, 0.25) is 0 Å². The van der Waals surface area contributed by atoms with Crippen molar-refractivity contribution >= 4 is 38.9 Å². The molecule has 0 spiro atoms. The highest BCUT2D eigenvalue weighted by molar-refractivity contribution is 7.91. The van der Waals surface area contributed by atoms with Crippen molar-refractivity contribution < 1.29 is 13.2 Å². The van der Waals surface area contributed by atoms with E-state index in [0.29, 0.717) is 10.6 Å². The Hall–Kier alpha value is -2.03. The monoisotopic (exact) mass is 402 g/mol. The van der Waals surface area contributed by atoms with E-state index in [1.54, 1.807) is 6.92 Å². The van der Waals surface area contributed by atoms with E-state index < -0.39 is 15.7 Å². The second-order valence-corrected chi connectivity index (χ2v) is 8.29. The van der Waals surface area contributed by atoms with Gasteiger partial charge < -0.3 is 16.1 Å². The quantitative estimate of drug-likeness (QED) is 0.581. The summed E-state index contributed by atoms with van der Waals surface area (Å²) in [4.78, 5) is 11.7. The molecule has 0 aliphatic rings. The van der Waals surface area contributed by atoms with Gasteiger partial charge in [0.25, 0.3) is 5.91 Å². The van der Waals surface area contributed by atoms with E-state index in [1.807, 2.05) is 0 Å². The van der Waals surface area contributed by atoms with E-state index in [9.17, 15) is 13.2 Å². The molecule has 0 unspecified atom stereocenters. The Labute approximate surface area is 154 Å². The molecule has 0 fully saturated rings. The molecule has 0 bridgehead atoms. The van der Waals surface area contributed by atoms with Crippen LogP contribution in [0.4, 0.5) is 0 Å². The van der Waals surface area contributed by atoms with Crippen molar-refractivity contribution in [2.24, 2.45) is 16.7 Å². The lowest BCUT2D eigenvalue weighted by atomic mass is 10.2. The number of carbonyl (C=O) groups is 1. The smallest absolute Gasteiger partial charge is 0.252 e. The number of amides is 1. The molecule has 0 saturated carbocycles. The van der Waals surface area contributed by atoms with Crippen molar-refractivity contribution in [3.8, 4) is 0 Å². The number of nitrogens with two attached hydrogens (primary N) is 2. The van der Waals surface area contributed by atoms with Crippen molar-refractivity contribution in [1.29, 1.82) is 0 Å². The first-order valence-corrected chi connectivity index (χ1v) is 9.55. The number of hydrogen-bond donors (Lipinski definition) is 2. The Balaban J connectivity index is 2.70. The lowest BCUT2D eigenvalue weighted by molar-refractivity contribution is 0.0998. The summed E-state index contributed by atoms with van der Waals surface area (Å²) in [6.45, 7) is 1.58. The summed E-state index contributed by atoms with van der Waals surface area (Å²) in [7, 11) is -3.48. The van der Waals surface area contributed by atoms with Gasteiger partial charge in [-0.25, -0.2) is 8.42 Å². The molecule has 4 N–H and O–H groups in total. The van der Waals surface area contributed by atoms with Crippen molar-refractivity contribution in [3.63, 3.8) is 0 Å². The van der Waals surface area contributed by atoms with Gasteiger partial charge in [-0.1, -0.05) is 30.1 Å². The largest absolute Gasteiger partial charge is 0.365 e. The fraction of sp³-hybridized carbons (Fsp3) is 0.200. The SMILES string of the molecule is CCS(=O)(=O)c1ccc(Cl)cc1Cn1cc(Cl)cc(C(N)=O)c1=NN. The average molecular weight is 403 g/mol. The predicted molar refractivity (Wildman–Crippen MR) is 96.0 cm³/mol. The maximum absolute atomic E-state index is 12.3. The molecule has 2 aromatic rings. The van der Waals surface area contributed by atoms with Crippen molar-refractivity contribution in [3.05, 3.63) is 57.1 Å². The molecule has 1 aromatic heterocycles. The number of sulfone groups is 1. The molecule has 0 aliphatic carbocycles. The summed E-state index contributed by atoms with van der Waals surface area (Å²) in [5.41, 5.74) is 5.85. The lowest BCUT2D eigenvalue weighted by Gasteiger charge is -2.14. The molecule has 10 heteroatoms. The van der Waals surface area contributed by atoms with Crippen LogP contribution in [-0.4, -0.2) is 24.6 Å². The highest BCUT2D eigenvalue weighted by Gasteiger charge is 2.18. The fourth-order valence-electron chi connectivity index (χ4n) is 2.36. The topological polar surface area (TPSA) is 121 Å². The van der Waals surface area contributed by atoms with Gasteiger partial charge in [0, 0.05) is 11.2 Å². The number of benzene rings is 1. The Morgan fingerprint density at radius 1 is 1.24 bits per heavy atom. The first-order chi connectivity index (χ1) is 11.7. The molecular weight excluding hydrogens is 387 g/mol. The van der Waals surface area contributed by atoms with Crippen LogP contribution >= 0.6 is 23.2 Å². The summed E-state index contributed by atoms with van der Waals surface area (Å²) in [5.74, 6) is 4.56. The van der Waals surface area contributed by atoms with E-state index in [1.165, 1.54) is 35.0 Å². The van der Waals surface area contributed by atoms with Gasteiger partial charge in [0.05, 0.1) is 27.8 Å². The van der Waals surface area contributed by atoms with E-state index in [-0.39, 0.29) is 33.3 Å². The Kier molecular flexibility index (Phi) is 5.76. The molecule has 7 nitrogen and oxygen atoms in total. The van der Waals surface area contributed by atoms with Crippen LogP contribution in [-0.2, 0) is 16.4 Å². The number of carbonyl (C=O) groups excluding carboxylic acids is 1. The molecule has 0 atom stereocenters. The summed E-state index contributed by atoms with van der Waals surface area (Å²) in [6.07, 6.45) is 1.48. The predicted octanol–water partition coefficient (Wildman–Crippen LogP) is 1.51. The maximum atomic E-state index is 12.3. The number of pyridine rings is 1. The van der Waals surface area contributed by atoms with Crippen LogP contribution in [0.15, 0.2) is 40.5 Å². The van der Waals surface area contributed by atoms with Gasteiger partial charge in [-0.3, -0.25) is 4.79 Å². The van der Waals surface area contributed by atoms with Gasteiger partial charge in [-0.2, -0.15) is 5.10 Å².